The van der Waals surface area contributed by atoms with Crippen molar-refractivity contribution in [3.63, 3.8) is 0 Å². The van der Waals surface area contributed by atoms with E-state index >= 15 is 0 Å². The molecule has 0 saturated carbocycles. The van der Waals surface area contributed by atoms with Gasteiger partial charge in [0.2, 0.25) is 11.8 Å². The Morgan fingerprint density at radius 1 is 0.857 bits per heavy atom. The lowest BCUT2D eigenvalue weighted by Crippen LogP contribution is -2.52. The Balaban J connectivity index is 4.62. The zero-order valence-corrected chi connectivity index (χ0v) is 23.0. The maximum Gasteiger partial charge on any atom is 0.327 e. The van der Waals surface area contributed by atoms with Gasteiger partial charge in [0, 0.05) is 18.4 Å². The molecule has 2 unspecified atom stereocenters. The highest BCUT2D eigenvalue weighted by atomic mass is 32.2. The molecular weight excluding hydrogens is 466 g/mol. The number of carboxylic acid groups (broad SMARTS) is 1. The highest BCUT2D eigenvalue weighted by molar-refractivity contribution is 7.99. The predicted molar refractivity (Wildman–Crippen MR) is 144 cm³/mol. The van der Waals surface area contributed by atoms with Crippen LogP contribution in [0.25, 0.3) is 0 Å². The summed E-state index contributed by atoms with van der Waals surface area (Å²) in [5.74, 6) is -1.24. The molecule has 5 N–H and O–H groups in total. The van der Waals surface area contributed by atoms with Gasteiger partial charge in [0.15, 0.2) is 0 Å². The SMILES string of the molecule is CNC(O)CCC(NC(C)=O)C(=O)N[C@@H](CSC/C=C(\C)CC/C=C(\C)CCC=C(C)C)C(=O)O. The summed E-state index contributed by atoms with van der Waals surface area (Å²) in [6.07, 6.45) is 10.3. The van der Waals surface area contributed by atoms with Gasteiger partial charge in [-0.2, -0.15) is 11.8 Å². The molecule has 0 aliphatic heterocycles. The number of amides is 2. The molecule has 0 aromatic rings. The van der Waals surface area contributed by atoms with E-state index in [9.17, 15) is 24.6 Å². The quantitative estimate of drug-likeness (QED) is 0.108. The van der Waals surface area contributed by atoms with Crippen molar-refractivity contribution in [3.8, 4) is 0 Å². The minimum atomic E-state index is -1.13. The van der Waals surface area contributed by atoms with Crippen LogP contribution in [-0.2, 0) is 14.4 Å². The molecule has 0 rings (SSSR count). The molecule has 35 heavy (non-hydrogen) atoms. The Hall–Kier alpha value is -2.10. The first-order valence-corrected chi connectivity index (χ1v) is 13.3. The van der Waals surface area contributed by atoms with E-state index in [1.165, 1.54) is 35.4 Å². The van der Waals surface area contributed by atoms with Gasteiger partial charge in [-0.3, -0.25) is 14.9 Å². The zero-order valence-electron chi connectivity index (χ0n) is 22.1. The van der Waals surface area contributed by atoms with Crippen LogP contribution in [0.1, 0.15) is 73.1 Å². The first-order valence-electron chi connectivity index (χ1n) is 12.1. The summed E-state index contributed by atoms with van der Waals surface area (Å²) in [6, 6.07) is -1.99. The second-order valence-electron chi connectivity index (χ2n) is 9.03. The van der Waals surface area contributed by atoms with Crippen molar-refractivity contribution in [1.82, 2.24) is 16.0 Å². The average Bonchev–Trinajstić information content (AvgIpc) is 2.77. The second kappa shape index (κ2) is 19.1. The summed E-state index contributed by atoms with van der Waals surface area (Å²) in [4.78, 5) is 35.7. The molecule has 9 heteroatoms. The molecule has 0 heterocycles. The van der Waals surface area contributed by atoms with E-state index in [1.54, 1.807) is 7.05 Å². The lowest BCUT2D eigenvalue weighted by Gasteiger charge is -2.21. The van der Waals surface area contributed by atoms with Crippen molar-refractivity contribution >= 4 is 29.5 Å². The van der Waals surface area contributed by atoms with Crippen molar-refractivity contribution in [2.24, 2.45) is 0 Å². The fourth-order valence-corrected chi connectivity index (χ4v) is 4.16. The summed E-state index contributed by atoms with van der Waals surface area (Å²) < 4.78 is 0. The van der Waals surface area contributed by atoms with Gasteiger partial charge in [-0.1, -0.05) is 34.9 Å². The molecular formula is C26H45N3O5S. The number of aliphatic carboxylic acids is 1. The van der Waals surface area contributed by atoms with Crippen molar-refractivity contribution in [2.45, 2.75) is 91.5 Å². The molecule has 0 bridgehead atoms. The second-order valence-corrected chi connectivity index (χ2v) is 10.1. The van der Waals surface area contributed by atoms with Crippen LogP contribution in [0.4, 0.5) is 0 Å². The standard InChI is InChI=1S/C26H45N3O5S/c1-18(2)9-7-10-19(3)11-8-12-20(4)15-16-35-17-23(26(33)34)29-25(32)22(28-21(5)30)13-14-24(31)27-6/h9,11,15,22-24,27,31H,7-8,10,12-14,16-17H2,1-6H3,(H,28,30)(H,29,32)(H,33,34)/b19-11+,20-15+/t22?,23-,24?/m0/s1. The van der Waals surface area contributed by atoms with Gasteiger partial charge in [0.05, 0.1) is 0 Å². The van der Waals surface area contributed by atoms with Crippen molar-refractivity contribution < 1.29 is 24.6 Å². The van der Waals surface area contributed by atoms with E-state index < -0.39 is 36.1 Å². The molecule has 200 valence electrons. The van der Waals surface area contributed by atoms with Crippen molar-refractivity contribution in [2.75, 3.05) is 18.6 Å². The minimum absolute atomic E-state index is 0.178. The first kappa shape index (κ1) is 32.9. The largest absolute Gasteiger partial charge is 0.480 e. The Bertz CT molecular complexity index is 760. The molecule has 0 aliphatic rings. The number of carbonyl (C=O) groups is 3. The number of aliphatic hydroxyl groups is 1. The number of thioether (sulfide) groups is 1. The van der Waals surface area contributed by atoms with E-state index in [4.69, 9.17) is 0 Å². The van der Waals surface area contributed by atoms with Crippen LogP contribution < -0.4 is 16.0 Å². The van der Waals surface area contributed by atoms with Crippen LogP contribution in [0.2, 0.25) is 0 Å². The summed E-state index contributed by atoms with van der Waals surface area (Å²) in [7, 11) is 1.58. The summed E-state index contributed by atoms with van der Waals surface area (Å²) >= 11 is 1.43. The predicted octanol–water partition coefficient (Wildman–Crippen LogP) is 3.53. The highest BCUT2D eigenvalue weighted by Gasteiger charge is 2.26. The van der Waals surface area contributed by atoms with Crippen molar-refractivity contribution in [3.05, 3.63) is 34.9 Å². The van der Waals surface area contributed by atoms with Gasteiger partial charge in [-0.15, -0.1) is 0 Å². The fraction of sp³-hybridized carbons (Fsp3) is 0.654. The maximum atomic E-state index is 12.6. The molecule has 0 spiro atoms. The molecule has 0 radical (unpaired) electrons. The van der Waals surface area contributed by atoms with Gasteiger partial charge in [0.25, 0.3) is 0 Å². The third kappa shape index (κ3) is 17.9. The molecule has 0 saturated heterocycles. The molecule has 0 aromatic heterocycles. The van der Waals surface area contributed by atoms with Crippen LogP contribution in [0.15, 0.2) is 34.9 Å². The number of hydrogen-bond acceptors (Lipinski definition) is 6. The summed E-state index contributed by atoms with van der Waals surface area (Å²) in [6.45, 7) is 9.74. The van der Waals surface area contributed by atoms with Gasteiger partial charge in [-0.05, 0) is 73.3 Å². The number of rotatable bonds is 18. The number of carboxylic acids is 1. The number of aliphatic hydroxyl groups excluding tert-OH is 1. The normalized spacial score (nSPS) is 14.6. The third-order valence-electron chi connectivity index (χ3n) is 5.33. The number of nitrogens with one attached hydrogen (secondary N) is 3. The Morgan fingerprint density at radius 3 is 2.00 bits per heavy atom. The Kier molecular flexibility index (Phi) is 18.0. The van der Waals surface area contributed by atoms with Crippen molar-refractivity contribution in [1.29, 1.82) is 0 Å². The molecule has 8 nitrogen and oxygen atoms in total. The van der Waals surface area contributed by atoms with Gasteiger partial charge < -0.3 is 20.8 Å². The zero-order chi connectivity index (χ0) is 26.8. The van der Waals surface area contributed by atoms with Gasteiger partial charge in [-0.25, -0.2) is 4.79 Å². The van der Waals surface area contributed by atoms with E-state index in [2.05, 4.69) is 61.9 Å². The van der Waals surface area contributed by atoms with Crippen LogP contribution >= 0.6 is 11.8 Å². The minimum Gasteiger partial charge on any atom is -0.480 e. The molecule has 0 aromatic carbocycles. The summed E-state index contributed by atoms with van der Waals surface area (Å²) in [5, 5.41) is 26.9. The maximum absolute atomic E-state index is 12.6. The lowest BCUT2D eigenvalue weighted by atomic mass is 10.1. The molecule has 0 fully saturated rings. The van der Waals surface area contributed by atoms with Crippen LogP contribution in [0.3, 0.4) is 0 Å². The summed E-state index contributed by atoms with van der Waals surface area (Å²) in [5.41, 5.74) is 3.98. The number of hydrogen-bond donors (Lipinski definition) is 5. The number of carbonyl (C=O) groups excluding carboxylic acids is 2. The molecule has 3 atom stereocenters. The Labute approximate surface area is 215 Å². The third-order valence-corrected chi connectivity index (χ3v) is 6.30. The fourth-order valence-electron chi connectivity index (χ4n) is 3.16. The van der Waals surface area contributed by atoms with Crippen LogP contribution in [-0.4, -0.2) is 64.9 Å². The average molecular weight is 512 g/mol. The van der Waals surface area contributed by atoms with Gasteiger partial charge >= 0.3 is 5.97 Å². The number of allylic oxidation sites excluding steroid dienone is 5. The smallest absolute Gasteiger partial charge is 0.327 e. The van der Waals surface area contributed by atoms with E-state index in [1.807, 2.05) is 0 Å². The topological polar surface area (TPSA) is 128 Å². The van der Waals surface area contributed by atoms with Crippen LogP contribution in [0, 0.1) is 0 Å². The van der Waals surface area contributed by atoms with E-state index in [-0.39, 0.29) is 18.6 Å². The van der Waals surface area contributed by atoms with E-state index in [0.29, 0.717) is 5.75 Å². The Morgan fingerprint density at radius 2 is 1.46 bits per heavy atom. The first-order chi connectivity index (χ1) is 16.5. The molecule has 2 amide bonds. The monoisotopic (exact) mass is 511 g/mol. The highest BCUT2D eigenvalue weighted by Crippen LogP contribution is 2.13. The van der Waals surface area contributed by atoms with Gasteiger partial charge in [0.1, 0.15) is 18.3 Å². The van der Waals surface area contributed by atoms with E-state index in [0.717, 1.165) is 25.7 Å². The van der Waals surface area contributed by atoms with Crippen LogP contribution in [0.5, 0.6) is 0 Å². The lowest BCUT2D eigenvalue weighted by molar-refractivity contribution is -0.141. The molecule has 0 aliphatic carbocycles.